The molecule has 0 saturated heterocycles. The zero-order chi connectivity index (χ0) is 20.3. The number of hydrogen-bond acceptors (Lipinski definition) is 2. The average molecular weight is 412 g/mol. The Labute approximate surface area is 162 Å². The maximum absolute atomic E-state index is 13.6. The van der Waals surface area contributed by atoms with Crippen LogP contribution >= 0.6 is 11.6 Å². The lowest BCUT2D eigenvalue weighted by atomic mass is 10.1. The van der Waals surface area contributed by atoms with E-state index in [1.54, 1.807) is 12.1 Å². The van der Waals surface area contributed by atoms with Gasteiger partial charge in [-0.05, 0) is 42.3 Å². The Balaban J connectivity index is 1.82. The number of carbonyl (C=O) groups is 1. The number of aromatic nitrogens is 2. The van der Waals surface area contributed by atoms with Gasteiger partial charge in [-0.3, -0.25) is 4.79 Å². The van der Waals surface area contributed by atoms with Gasteiger partial charge in [0.1, 0.15) is 5.82 Å². The van der Waals surface area contributed by atoms with Crippen LogP contribution in [-0.4, -0.2) is 22.2 Å². The fourth-order valence-electron chi connectivity index (χ4n) is 2.67. The van der Waals surface area contributed by atoms with Crippen LogP contribution < -0.4 is 5.32 Å². The Morgan fingerprint density at radius 1 is 1.11 bits per heavy atom. The van der Waals surface area contributed by atoms with E-state index in [0.29, 0.717) is 15.3 Å². The van der Waals surface area contributed by atoms with Gasteiger partial charge in [0.05, 0.1) is 17.4 Å². The number of carbonyl (C=O) groups excluding carboxylic acids is 1. The van der Waals surface area contributed by atoms with Gasteiger partial charge in [0.25, 0.3) is 5.91 Å². The molecule has 146 valence electrons. The highest BCUT2D eigenvalue weighted by molar-refractivity contribution is 6.30. The van der Waals surface area contributed by atoms with Crippen molar-refractivity contribution < 1.29 is 22.4 Å². The molecule has 9 heteroatoms. The van der Waals surface area contributed by atoms with E-state index in [2.05, 4.69) is 10.4 Å². The summed E-state index contributed by atoms with van der Waals surface area (Å²) in [6, 6.07) is 11.6. The predicted molar refractivity (Wildman–Crippen MR) is 96.0 cm³/mol. The minimum Gasteiger partial charge on any atom is -0.352 e. The number of benzene rings is 2. The first-order valence-corrected chi connectivity index (χ1v) is 8.58. The monoisotopic (exact) mass is 411 g/mol. The number of nitrogens with one attached hydrogen (secondary N) is 1. The van der Waals surface area contributed by atoms with Crippen molar-refractivity contribution in [3.05, 3.63) is 82.4 Å². The van der Waals surface area contributed by atoms with Gasteiger partial charge >= 0.3 is 6.18 Å². The standard InChI is InChI=1S/C19H14ClF4N3O/c20-13-5-7-14(8-6-13)27-17(19(22,23)24)15(11-26-27)18(28)25-10-9-12-3-1-2-4-16(12)21/h1-8,11H,9-10H2,(H,25,28). The lowest BCUT2D eigenvalue weighted by Crippen LogP contribution is -2.28. The summed E-state index contributed by atoms with van der Waals surface area (Å²) < 4.78 is 55.0. The summed E-state index contributed by atoms with van der Waals surface area (Å²) in [5, 5.41) is 6.45. The molecule has 2 aromatic carbocycles. The number of alkyl halides is 3. The summed E-state index contributed by atoms with van der Waals surface area (Å²) in [5.41, 5.74) is -1.34. The Hall–Kier alpha value is -2.87. The molecule has 28 heavy (non-hydrogen) atoms. The van der Waals surface area contributed by atoms with E-state index in [0.717, 1.165) is 6.20 Å². The molecule has 0 aliphatic heterocycles. The fourth-order valence-corrected chi connectivity index (χ4v) is 2.80. The maximum atomic E-state index is 13.6. The van der Waals surface area contributed by atoms with Crippen LogP contribution in [-0.2, 0) is 12.6 Å². The molecule has 4 nitrogen and oxygen atoms in total. The lowest BCUT2D eigenvalue weighted by molar-refractivity contribution is -0.143. The van der Waals surface area contributed by atoms with Gasteiger partial charge in [0.2, 0.25) is 0 Å². The molecule has 1 heterocycles. The van der Waals surface area contributed by atoms with Crippen LogP contribution in [0, 0.1) is 5.82 Å². The molecule has 3 rings (SSSR count). The second-order valence-corrected chi connectivity index (χ2v) is 6.33. The zero-order valence-corrected chi connectivity index (χ0v) is 15.1. The van der Waals surface area contributed by atoms with Crippen LogP contribution in [0.25, 0.3) is 5.69 Å². The van der Waals surface area contributed by atoms with Crippen LogP contribution in [0.3, 0.4) is 0 Å². The fraction of sp³-hybridized carbons (Fsp3) is 0.158. The molecule has 1 amide bonds. The first kappa shape index (κ1) is 19.9. The third-order valence-corrected chi connectivity index (χ3v) is 4.24. The number of amides is 1. The molecular weight excluding hydrogens is 398 g/mol. The predicted octanol–water partition coefficient (Wildman–Crippen LogP) is 4.66. The molecule has 3 aromatic rings. The third kappa shape index (κ3) is 4.33. The molecule has 0 atom stereocenters. The van der Waals surface area contributed by atoms with Crippen molar-refractivity contribution in [3.8, 4) is 5.69 Å². The average Bonchev–Trinajstić information content (AvgIpc) is 3.09. The van der Waals surface area contributed by atoms with Crippen LogP contribution in [0.4, 0.5) is 17.6 Å². The molecule has 0 aliphatic rings. The molecule has 0 aliphatic carbocycles. The van der Waals surface area contributed by atoms with E-state index in [9.17, 15) is 22.4 Å². The van der Waals surface area contributed by atoms with Crippen LogP contribution in [0.2, 0.25) is 5.02 Å². The Morgan fingerprint density at radius 2 is 1.79 bits per heavy atom. The second kappa shape index (κ2) is 8.02. The van der Waals surface area contributed by atoms with Gasteiger partial charge in [-0.25, -0.2) is 9.07 Å². The Morgan fingerprint density at radius 3 is 2.43 bits per heavy atom. The van der Waals surface area contributed by atoms with Gasteiger partial charge in [0, 0.05) is 11.6 Å². The van der Waals surface area contributed by atoms with Crippen molar-refractivity contribution >= 4 is 17.5 Å². The summed E-state index contributed by atoms with van der Waals surface area (Å²) >= 11 is 5.76. The molecule has 0 fully saturated rings. The van der Waals surface area contributed by atoms with Crippen LogP contribution in [0.15, 0.2) is 54.7 Å². The number of halogens is 5. The molecule has 0 radical (unpaired) electrons. The highest BCUT2D eigenvalue weighted by atomic mass is 35.5. The highest BCUT2D eigenvalue weighted by Gasteiger charge is 2.40. The topological polar surface area (TPSA) is 46.9 Å². The smallest absolute Gasteiger partial charge is 0.352 e. The number of rotatable bonds is 5. The molecule has 0 saturated carbocycles. The van der Waals surface area contributed by atoms with Gasteiger partial charge in [-0.1, -0.05) is 29.8 Å². The van der Waals surface area contributed by atoms with E-state index < -0.39 is 29.2 Å². The molecule has 1 aromatic heterocycles. The summed E-state index contributed by atoms with van der Waals surface area (Å²) in [4.78, 5) is 12.3. The zero-order valence-electron chi connectivity index (χ0n) is 14.3. The minimum absolute atomic E-state index is 0.0246. The Kier molecular flexibility index (Phi) is 5.69. The van der Waals surface area contributed by atoms with Crippen molar-refractivity contribution in [1.29, 1.82) is 0 Å². The van der Waals surface area contributed by atoms with Crippen molar-refractivity contribution in [3.63, 3.8) is 0 Å². The molecular formula is C19H14ClF4N3O. The van der Waals surface area contributed by atoms with E-state index in [4.69, 9.17) is 11.6 Å². The highest BCUT2D eigenvalue weighted by Crippen LogP contribution is 2.33. The SMILES string of the molecule is O=C(NCCc1ccccc1F)c1cnn(-c2ccc(Cl)cc2)c1C(F)(F)F. The maximum Gasteiger partial charge on any atom is 0.434 e. The number of hydrogen-bond donors (Lipinski definition) is 1. The van der Waals surface area contributed by atoms with Crippen molar-refractivity contribution in [1.82, 2.24) is 15.1 Å². The molecule has 0 bridgehead atoms. The Bertz CT molecular complexity index is 984. The van der Waals surface area contributed by atoms with Gasteiger partial charge in [-0.15, -0.1) is 0 Å². The summed E-state index contributed by atoms with van der Waals surface area (Å²) in [6.45, 7) is -0.0246. The summed E-state index contributed by atoms with van der Waals surface area (Å²) in [5.74, 6) is -1.38. The van der Waals surface area contributed by atoms with Crippen LogP contribution in [0.1, 0.15) is 21.6 Å². The number of nitrogens with zero attached hydrogens (tertiary/aromatic N) is 2. The third-order valence-electron chi connectivity index (χ3n) is 3.99. The molecule has 0 spiro atoms. The van der Waals surface area contributed by atoms with Crippen molar-refractivity contribution in [2.24, 2.45) is 0 Å². The first-order valence-electron chi connectivity index (χ1n) is 8.20. The van der Waals surface area contributed by atoms with Crippen molar-refractivity contribution in [2.75, 3.05) is 6.54 Å². The first-order chi connectivity index (χ1) is 13.3. The second-order valence-electron chi connectivity index (χ2n) is 5.89. The van der Waals surface area contributed by atoms with Gasteiger partial charge in [-0.2, -0.15) is 18.3 Å². The minimum atomic E-state index is -4.81. The molecule has 1 N–H and O–H groups in total. The van der Waals surface area contributed by atoms with E-state index in [1.807, 2.05) is 0 Å². The quantitative estimate of drug-likeness (QED) is 0.621. The molecule has 0 unspecified atom stereocenters. The normalized spacial score (nSPS) is 11.5. The van der Waals surface area contributed by atoms with Crippen LogP contribution in [0.5, 0.6) is 0 Å². The summed E-state index contributed by atoms with van der Waals surface area (Å²) in [7, 11) is 0. The van der Waals surface area contributed by atoms with Crippen molar-refractivity contribution in [2.45, 2.75) is 12.6 Å². The summed E-state index contributed by atoms with van der Waals surface area (Å²) in [6.07, 6.45) is -3.81. The van der Waals surface area contributed by atoms with Gasteiger partial charge < -0.3 is 5.32 Å². The van der Waals surface area contributed by atoms with Gasteiger partial charge in [0.15, 0.2) is 5.69 Å². The van der Waals surface area contributed by atoms with E-state index in [1.165, 1.54) is 36.4 Å². The van der Waals surface area contributed by atoms with E-state index >= 15 is 0 Å². The lowest BCUT2D eigenvalue weighted by Gasteiger charge is -2.13. The van der Waals surface area contributed by atoms with E-state index in [-0.39, 0.29) is 18.7 Å². The largest absolute Gasteiger partial charge is 0.434 e.